The molecule has 0 aliphatic rings. The molecule has 90 valence electrons. The fourth-order valence-electron chi connectivity index (χ4n) is 1.22. The van der Waals surface area contributed by atoms with Crippen LogP contribution in [-0.2, 0) is 5.75 Å². The van der Waals surface area contributed by atoms with Gasteiger partial charge in [0, 0.05) is 5.75 Å². The van der Waals surface area contributed by atoms with Gasteiger partial charge < -0.3 is 10.2 Å². The second kappa shape index (κ2) is 5.29. The Morgan fingerprint density at radius 1 is 1.41 bits per heavy atom. The maximum absolute atomic E-state index is 13.3. The van der Waals surface area contributed by atoms with Crippen LogP contribution in [0.25, 0.3) is 0 Å². The molecule has 2 N–H and O–H groups in total. The number of nitrogens with two attached hydrogens (primary N) is 1. The van der Waals surface area contributed by atoms with Crippen LogP contribution in [0.4, 0.5) is 4.39 Å². The lowest BCUT2D eigenvalue weighted by molar-refractivity contribution is 0.394. The van der Waals surface area contributed by atoms with Crippen molar-refractivity contribution in [3.05, 3.63) is 41.5 Å². The van der Waals surface area contributed by atoms with Crippen molar-refractivity contribution in [2.75, 3.05) is 0 Å². The van der Waals surface area contributed by atoms with E-state index in [1.165, 1.54) is 17.8 Å². The number of nitrogens with zero attached hydrogens (tertiary/aromatic N) is 2. The first-order valence-corrected chi connectivity index (χ1v) is 6.10. The summed E-state index contributed by atoms with van der Waals surface area (Å²) in [6, 6.07) is 6.32. The fraction of sp³-hybridized carbons (Fsp3) is 0.273. The zero-order valence-electron chi connectivity index (χ0n) is 9.26. The predicted octanol–water partition coefficient (Wildman–Crippen LogP) is 2.52. The molecule has 0 radical (unpaired) electrons. The fourth-order valence-corrected chi connectivity index (χ4v) is 1.97. The Kier molecular flexibility index (Phi) is 3.75. The van der Waals surface area contributed by atoms with Gasteiger partial charge in [-0.05, 0) is 18.6 Å². The molecular weight excluding hydrogens is 241 g/mol. The summed E-state index contributed by atoms with van der Waals surface area (Å²) in [5.41, 5.74) is 6.20. The summed E-state index contributed by atoms with van der Waals surface area (Å²) in [6.07, 6.45) is 0. The van der Waals surface area contributed by atoms with Gasteiger partial charge in [-0.3, -0.25) is 0 Å². The van der Waals surface area contributed by atoms with Crippen molar-refractivity contribution in [1.29, 1.82) is 0 Å². The van der Waals surface area contributed by atoms with E-state index in [0.717, 1.165) is 0 Å². The highest BCUT2D eigenvalue weighted by molar-refractivity contribution is 7.98. The van der Waals surface area contributed by atoms with Crippen LogP contribution in [0.5, 0.6) is 0 Å². The van der Waals surface area contributed by atoms with Crippen molar-refractivity contribution >= 4 is 11.8 Å². The lowest BCUT2D eigenvalue weighted by Gasteiger charge is -1.99. The van der Waals surface area contributed by atoms with E-state index in [-0.39, 0.29) is 11.9 Å². The SMILES string of the molecule is CC(N)c1nnc(SCc2ccccc2F)o1. The first kappa shape index (κ1) is 12.1. The van der Waals surface area contributed by atoms with Crippen LogP contribution in [0, 0.1) is 5.82 Å². The molecule has 0 fully saturated rings. The van der Waals surface area contributed by atoms with Crippen molar-refractivity contribution in [3.8, 4) is 0 Å². The molecule has 1 heterocycles. The quantitative estimate of drug-likeness (QED) is 0.848. The molecule has 0 saturated carbocycles. The summed E-state index contributed by atoms with van der Waals surface area (Å²) in [6.45, 7) is 1.76. The van der Waals surface area contributed by atoms with Crippen molar-refractivity contribution in [1.82, 2.24) is 10.2 Å². The summed E-state index contributed by atoms with van der Waals surface area (Å²) in [7, 11) is 0. The molecule has 1 aromatic heterocycles. The van der Waals surface area contributed by atoms with Gasteiger partial charge in [0.1, 0.15) is 5.82 Å². The van der Waals surface area contributed by atoms with Gasteiger partial charge >= 0.3 is 0 Å². The Bertz CT molecular complexity index is 501. The third-order valence-corrected chi connectivity index (χ3v) is 2.99. The van der Waals surface area contributed by atoms with Gasteiger partial charge in [0.25, 0.3) is 5.22 Å². The highest BCUT2D eigenvalue weighted by atomic mass is 32.2. The van der Waals surface area contributed by atoms with Gasteiger partial charge in [-0.2, -0.15) is 0 Å². The highest BCUT2D eigenvalue weighted by Gasteiger charge is 2.11. The molecule has 2 aromatic rings. The van der Waals surface area contributed by atoms with E-state index in [1.807, 2.05) is 0 Å². The van der Waals surface area contributed by atoms with Crippen LogP contribution in [0.2, 0.25) is 0 Å². The Balaban J connectivity index is 2.00. The van der Waals surface area contributed by atoms with Crippen molar-refractivity contribution < 1.29 is 8.81 Å². The Morgan fingerprint density at radius 2 is 2.18 bits per heavy atom. The summed E-state index contributed by atoms with van der Waals surface area (Å²) < 4.78 is 18.6. The number of hydrogen-bond donors (Lipinski definition) is 1. The maximum Gasteiger partial charge on any atom is 0.276 e. The van der Waals surface area contributed by atoms with Crippen LogP contribution in [0.15, 0.2) is 33.9 Å². The molecule has 0 amide bonds. The van der Waals surface area contributed by atoms with E-state index in [2.05, 4.69) is 10.2 Å². The van der Waals surface area contributed by atoms with E-state index in [9.17, 15) is 4.39 Å². The van der Waals surface area contributed by atoms with Crippen molar-refractivity contribution in [3.63, 3.8) is 0 Å². The molecule has 1 unspecified atom stereocenters. The maximum atomic E-state index is 13.3. The second-order valence-electron chi connectivity index (χ2n) is 3.57. The number of benzene rings is 1. The normalized spacial score (nSPS) is 12.6. The number of hydrogen-bond acceptors (Lipinski definition) is 5. The third-order valence-electron chi connectivity index (χ3n) is 2.12. The molecule has 17 heavy (non-hydrogen) atoms. The standard InChI is InChI=1S/C11H12FN3OS/c1-7(13)10-14-15-11(16-10)17-6-8-4-2-3-5-9(8)12/h2-5,7H,6,13H2,1H3. The molecular formula is C11H12FN3OS. The van der Waals surface area contributed by atoms with Crippen LogP contribution in [0.3, 0.4) is 0 Å². The topological polar surface area (TPSA) is 64.9 Å². The minimum absolute atomic E-state index is 0.230. The van der Waals surface area contributed by atoms with Gasteiger partial charge in [0.2, 0.25) is 5.89 Å². The van der Waals surface area contributed by atoms with Crippen molar-refractivity contribution in [2.45, 2.75) is 23.9 Å². The predicted molar refractivity (Wildman–Crippen MR) is 62.9 cm³/mol. The van der Waals surface area contributed by atoms with Crippen LogP contribution < -0.4 is 5.73 Å². The second-order valence-corrected chi connectivity index (χ2v) is 4.50. The molecule has 0 spiro atoms. The average molecular weight is 253 g/mol. The van der Waals surface area contributed by atoms with E-state index in [0.29, 0.717) is 22.4 Å². The minimum atomic E-state index is -0.287. The highest BCUT2D eigenvalue weighted by Crippen LogP contribution is 2.23. The molecule has 4 nitrogen and oxygen atoms in total. The molecule has 6 heteroatoms. The van der Waals surface area contributed by atoms with Gasteiger partial charge in [0.05, 0.1) is 6.04 Å². The first-order valence-electron chi connectivity index (χ1n) is 5.12. The number of aromatic nitrogens is 2. The van der Waals surface area contributed by atoms with Crippen molar-refractivity contribution in [2.24, 2.45) is 5.73 Å². The number of rotatable bonds is 4. The lowest BCUT2D eigenvalue weighted by Crippen LogP contribution is -2.04. The summed E-state index contributed by atoms with van der Waals surface area (Å²) in [5.74, 6) is 0.612. The van der Waals surface area contributed by atoms with Crippen LogP contribution in [0.1, 0.15) is 24.4 Å². The van der Waals surface area contributed by atoms with E-state index >= 15 is 0 Å². The minimum Gasteiger partial charge on any atom is -0.414 e. The lowest BCUT2D eigenvalue weighted by atomic mass is 10.2. The zero-order valence-corrected chi connectivity index (χ0v) is 10.1. The van der Waals surface area contributed by atoms with Gasteiger partial charge in [-0.25, -0.2) is 4.39 Å². The third kappa shape index (κ3) is 3.04. The van der Waals surface area contributed by atoms with Gasteiger partial charge in [-0.1, -0.05) is 30.0 Å². The Labute approximate surface area is 102 Å². The van der Waals surface area contributed by atoms with Gasteiger partial charge in [0.15, 0.2) is 0 Å². The van der Waals surface area contributed by atoms with E-state index < -0.39 is 0 Å². The molecule has 1 atom stereocenters. The molecule has 0 aliphatic heterocycles. The summed E-state index contributed by atoms with van der Waals surface area (Å²) in [4.78, 5) is 0. The Morgan fingerprint density at radius 3 is 2.82 bits per heavy atom. The zero-order chi connectivity index (χ0) is 12.3. The first-order chi connectivity index (χ1) is 8.16. The average Bonchev–Trinajstić information content (AvgIpc) is 2.77. The van der Waals surface area contributed by atoms with Crippen LogP contribution in [-0.4, -0.2) is 10.2 Å². The molecule has 1 aromatic carbocycles. The smallest absolute Gasteiger partial charge is 0.276 e. The molecule has 2 rings (SSSR count). The summed E-state index contributed by atoms with van der Waals surface area (Å²) in [5, 5.41) is 8.02. The van der Waals surface area contributed by atoms with E-state index in [4.69, 9.17) is 10.2 Å². The molecule has 0 bridgehead atoms. The molecule has 0 saturated heterocycles. The Hall–Kier alpha value is -1.40. The van der Waals surface area contributed by atoms with E-state index in [1.54, 1.807) is 25.1 Å². The monoisotopic (exact) mass is 253 g/mol. The number of halogens is 1. The molecule has 0 aliphatic carbocycles. The van der Waals surface area contributed by atoms with Crippen LogP contribution >= 0.6 is 11.8 Å². The summed E-state index contributed by atoms with van der Waals surface area (Å²) >= 11 is 1.29. The number of thioether (sulfide) groups is 1. The largest absolute Gasteiger partial charge is 0.414 e. The van der Waals surface area contributed by atoms with Gasteiger partial charge in [-0.15, -0.1) is 10.2 Å².